The van der Waals surface area contributed by atoms with Gasteiger partial charge >= 0.3 is 0 Å². The molecule has 3 aromatic rings. The van der Waals surface area contributed by atoms with Crippen molar-refractivity contribution in [3.8, 4) is 5.69 Å². The van der Waals surface area contributed by atoms with Gasteiger partial charge < -0.3 is 0 Å². The Bertz CT molecular complexity index is 990. The summed E-state index contributed by atoms with van der Waals surface area (Å²) in [4.78, 5) is 6.84. The summed E-state index contributed by atoms with van der Waals surface area (Å²) in [7, 11) is 2.14. The smallest absolute Gasteiger partial charge is 0.151 e. The third kappa shape index (κ3) is 3.12. The molecule has 1 aliphatic carbocycles. The van der Waals surface area contributed by atoms with Crippen molar-refractivity contribution in [2.45, 2.75) is 50.6 Å². The zero-order valence-electron chi connectivity index (χ0n) is 16.1. The zero-order chi connectivity index (χ0) is 19.1. The second-order valence-electron chi connectivity index (χ2n) is 8.03. The van der Waals surface area contributed by atoms with Crippen LogP contribution in [0.4, 0.5) is 0 Å². The number of nitrogens with zero attached hydrogens (tertiary/aromatic N) is 5. The summed E-state index contributed by atoms with van der Waals surface area (Å²) in [6.45, 7) is 1.75. The van der Waals surface area contributed by atoms with E-state index in [1.165, 1.54) is 11.3 Å². The third-order valence-corrected chi connectivity index (χ3v) is 6.42. The Kier molecular flexibility index (Phi) is 4.65. The Hall–Kier alpha value is -2.24. The summed E-state index contributed by atoms with van der Waals surface area (Å²) < 4.78 is 2.32. The molecule has 28 heavy (non-hydrogen) atoms. The molecule has 0 N–H and O–H groups in total. The molecule has 0 radical (unpaired) electrons. The summed E-state index contributed by atoms with van der Waals surface area (Å²) in [5.74, 6) is 3.02. The molecule has 0 saturated heterocycles. The lowest BCUT2D eigenvalue weighted by molar-refractivity contribution is 0.315. The maximum Gasteiger partial charge on any atom is 0.151 e. The molecule has 0 atom stereocenters. The highest BCUT2D eigenvalue weighted by Gasteiger charge is 2.31. The molecule has 2 aliphatic rings. The predicted molar refractivity (Wildman–Crippen MR) is 110 cm³/mol. The SMILES string of the molecule is CN1Cc2ccccc2-n2c(nnc2C2CCC(c3ncccc3Cl)CC2)C1. The highest BCUT2D eigenvalue weighted by molar-refractivity contribution is 6.31. The fourth-order valence-electron chi connectivity index (χ4n) is 4.73. The molecule has 3 heterocycles. The summed E-state index contributed by atoms with van der Waals surface area (Å²) in [6.07, 6.45) is 6.21. The summed E-state index contributed by atoms with van der Waals surface area (Å²) in [5, 5.41) is 10.0. The van der Waals surface area contributed by atoms with E-state index < -0.39 is 0 Å². The number of aromatic nitrogens is 4. The van der Waals surface area contributed by atoms with Crippen LogP contribution < -0.4 is 0 Å². The van der Waals surface area contributed by atoms with Crippen molar-refractivity contribution in [1.82, 2.24) is 24.6 Å². The van der Waals surface area contributed by atoms with Gasteiger partial charge in [-0.3, -0.25) is 14.5 Å². The molecule has 2 aromatic heterocycles. The van der Waals surface area contributed by atoms with Crippen LogP contribution in [-0.4, -0.2) is 31.7 Å². The Morgan fingerprint density at radius 3 is 2.54 bits per heavy atom. The van der Waals surface area contributed by atoms with Crippen molar-refractivity contribution in [3.63, 3.8) is 0 Å². The fraction of sp³-hybridized carbons (Fsp3) is 0.409. The number of fused-ring (bicyclic) bond motifs is 3. The molecular weight excluding hydrogens is 370 g/mol. The highest BCUT2D eigenvalue weighted by Crippen LogP contribution is 2.42. The maximum atomic E-state index is 6.38. The number of hydrogen-bond acceptors (Lipinski definition) is 4. The Balaban J connectivity index is 1.44. The van der Waals surface area contributed by atoms with Crippen LogP contribution in [0.25, 0.3) is 5.69 Å². The van der Waals surface area contributed by atoms with Crippen molar-refractivity contribution >= 4 is 11.6 Å². The van der Waals surface area contributed by atoms with Crippen LogP contribution in [0.2, 0.25) is 5.02 Å². The average molecular weight is 394 g/mol. The van der Waals surface area contributed by atoms with E-state index in [-0.39, 0.29) is 0 Å². The number of rotatable bonds is 2. The zero-order valence-corrected chi connectivity index (χ0v) is 16.8. The van der Waals surface area contributed by atoms with Gasteiger partial charge in [0.1, 0.15) is 5.82 Å². The first-order chi connectivity index (χ1) is 13.7. The molecule has 5 rings (SSSR count). The van der Waals surface area contributed by atoms with Gasteiger partial charge in [-0.05, 0) is 56.5 Å². The van der Waals surface area contributed by atoms with Gasteiger partial charge in [-0.15, -0.1) is 10.2 Å². The minimum Gasteiger partial charge on any atom is -0.295 e. The van der Waals surface area contributed by atoms with E-state index in [4.69, 9.17) is 11.6 Å². The second-order valence-corrected chi connectivity index (χ2v) is 8.44. The molecule has 0 spiro atoms. The van der Waals surface area contributed by atoms with E-state index in [2.05, 4.69) is 56.0 Å². The largest absolute Gasteiger partial charge is 0.295 e. The third-order valence-electron chi connectivity index (χ3n) is 6.11. The molecule has 1 aromatic carbocycles. The molecule has 0 amide bonds. The number of halogens is 1. The van der Waals surface area contributed by atoms with Gasteiger partial charge in [-0.1, -0.05) is 29.8 Å². The molecule has 1 fully saturated rings. The lowest BCUT2D eigenvalue weighted by Gasteiger charge is -2.28. The molecule has 1 saturated carbocycles. The molecule has 1 aliphatic heterocycles. The summed E-state index contributed by atoms with van der Waals surface area (Å²) in [5.41, 5.74) is 3.62. The minimum atomic E-state index is 0.427. The van der Waals surface area contributed by atoms with Gasteiger partial charge in [-0.25, -0.2) is 0 Å². The molecule has 144 valence electrons. The van der Waals surface area contributed by atoms with Gasteiger partial charge in [0, 0.05) is 24.6 Å². The highest BCUT2D eigenvalue weighted by atomic mass is 35.5. The molecule has 0 unspecified atom stereocenters. The molecule has 0 bridgehead atoms. The van der Waals surface area contributed by atoms with Crippen molar-refractivity contribution in [2.75, 3.05) is 7.05 Å². The Labute approximate surface area is 170 Å². The monoisotopic (exact) mass is 393 g/mol. The van der Waals surface area contributed by atoms with Crippen LogP contribution in [0.1, 0.15) is 60.4 Å². The Morgan fingerprint density at radius 1 is 0.929 bits per heavy atom. The fourth-order valence-corrected chi connectivity index (χ4v) is 5.01. The first-order valence-corrected chi connectivity index (χ1v) is 10.4. The summed E-state index contributed by atoms with van der Waals surface area (Å²) in [6, 6.07) is 12.5. The number of pyridine rings is 1. The maximum absolute atomic E-state index is 6.38. The van der Waals surface area contributed by atoms with Gasteiger partial charge in [0.2, 0.25) is 0 Å². The number of benzene rings is 1. The van der Waals surface area contributed by atoms with Crippen LogP contribution in [0.15, 0.2) is 42.6 Å². The van der Waals surface area contributed by atoms with Gasteiger partial charge in [0.15, 0.2) is 5.82 Å². The number of hydrogen-bond donors (Lipinski definition) is 0. The number of para-hydroxylation sites is 1. The average Bonchev–Trinajstić information content (AvgIpc) is 3.06. The van der Waals surface area contributed by atoms with E-state index in [0.29, 0.717) is 11.8 Å². The van der Waals surface area contributed by atoms with Crippen LogP contribution >= 0.6 is 11.6 Å². The van der Waals surface area contributed by atoms with Crippen LogP contribution in [0, 0.1) is 0 Å². The van der Waals surface area contributed by atoms with E-state index in [1.807, 2.05) is 18.3 Å². The van der Waals surface area contributed by atoms with E-state index in [0.717, 1.165) is 61.1 Å². The van der Waals surface area contributed by atoms with Crippen LogP contribution in [0.3, 0.4) is 0 Å². The minimum absolute atomic E-state index is 0.427. The van der Waals surface area contributed by atoms with Crippen molar-refractivity contribution < 1.29 is 0 Å². The molecule has 6 heteroatoms. The lowest BCUT2D eigenvalue weighted by Crippen LogP contribution is -2.17. The van der Waals surface area contributed by atoms with Gasteiger partial charge in [0.05, 0.1) is 22.9 Å². The molecule has 5 nitrogen and oxygen atoms in total. The van der Waals surface area contributed by atoms with E-state index in [9.17, 15) is 0 Å². The summed E-state index contributed by atoms with van der Waals surface area (Å²) >= 11 is 6.38. The predicted octanol–water partition coefficient (Wildman–Crippen LogP) is 4.70. The van der Waals surface area contributed by atoms with Gasteiger partial charge in [-0.2, -0.15) is 0 Å². The van der Waals surface area contributed by atoms with E-state index >= 15 is 0 Å². The topological polar surface area (TPSA) is 46.8 Å². The second kappa shape index (κ2) is 7.30. The van der Waals surface area contributed by atoms with Crippen molar-refractivity contribution in [1.29, 1.82) is 0 Å². The first kappa shape index (κ1) is 17.8. The standard InChI is InChI=1S/C22H24ClN5/c1-27-13-17-5-2-3-7-19(17)28-20(14-27)25-26-22(28)16-10-8-15(9-11-16)21-18(23)6-4-12-24-21/h2-7,12,15-16H,8-11,13-14H2,1H3. The first-order valence-electron chi connectivity index (χ1n) is 10.0. The Morgan fingerprint density at radius 2 is 1.71 bits per heavy atom. The van der Waals surface area contributed by atoms with Crippen molar-refractivity contribution in [3.05, 3.63) is 70.5 Å². The lowest BCUT2D eigenvalue weighted by atomic mass is 9.80. The molecular formula is C22H24ClN5. The van der Waals surface area contributed by atoms with Crippen molar-refractivity contribution in [2.24, 2.45) is 0 Å². The van der Waals surface area contributed by atoms with E-state index in [1.54, 1.807) is 0 Å². The van der Waals surface area contributed by atoms with Gasteiger partial charge in [0.25, 0.3) is 0 Å². The normalized spacial score (nSPS) is 22.4. The van der Waals surface area contributed by atoms with Crippen LogP contribution in [0.5, 0.6) is 0 Å². The quantitative estimate of drug-likeness (QED) is 0.633. The van der Waals surface area contributed by atoms with Crippen LogP contribution in [-0.2, 0) is 13.1 Å².